The van der Waals surface area contributed by atoms with E-state index >= 15 is 0 Å². The Labute approximate surface area is 157 Å². The SMILES string of the molecule is Cc1ccc(N2CCC(NS(=O)(=O)c3cccc4cnccc34)C2=O)cc1. The van der Waals surface area contributed by atoms with Crippen LogP contribution in [0.25, 0.3) is 10.8 Å². The highest BCUT2D eigenvalue weighted by atomic mass is 32.2. The van der Waals surface area contributed by atoms with Crippen LogP contribution in [0.5, 0.6) is 0 Å². The van der Waals surface area contributed by atoms with E-state index in [1.54, 1.807) is 41.6 Å². The molecule has 3 aromatic rings. The molecule has 138 valence electrons. The molecule has 0 bridgehead atoms. The Kier molecular flexibility index (Phi) is 4.41. The van der Waals surface area contributed by atoms with Crippen LogP contribution in [0.15, 0.2) is 65.8 Å². The molecule has 7 heteroatoms. The number of pyridine rings is 1. The summed E-state index contributed by atoms with van der Waals surface area (Å²) in [7, 11) is -3.84. The van der Waals surface area contributed by atoms with E-state index in [1.165, 1.54) is 0 Å². The van der Waals surface area contributed by atoms with E-state index in [2.05, 4.69) is 9.71 Å². The second-order valence-electron chi connectivity index (χ2n) is 6.64. The van der Waals surface area contributed by atoms with Gasteiger partial charge in [-0.05, 0) is 37.6 Å². The van der Waals surface area contributed by atoms with Gasteiger partial charge in [-0.3, -0.25) is 9.78 Å². The fraction of sp³-hybridized carbons (Fsp3) is 0.200. The molecule has 1 atom stereocenters. The molecular weight excluding hydrogens is 362 g/mol. The predicted molar refractivity (Wildman–Crippen MR) is 104 cm³/mol. The molecule has 1 aliphatic heterocycles. The zero-order chi connectivity index (χ0) is 19.0. The van der Waals surface area contributed by atoms with E-state index in [9.17, 15) is 13.2 Å². The Hall–Kier alpha value is -2.77. The van der Waals surface area contributed by atoms with Crippen molar-refractivity contribution in [2.75, 3.05) is 11.4 Å². The lowest BCUT2D eigenvalue weighted by atomic mass is 10.2. The third-order valence-corrected chi connectivity index (χ3v) is 6.31. The first-order valence-electron chi connectivity index (χ1n) is 8.69. The minimum atomic E-state index is -3.84. The Morgan fingerprint density at radius 2 is 1.89 bits per heavy atom. The topological polar surface area (TPSA) is 79.4 Å². The number of nitrogens with one attached hydrogen (secondary N) is 1. The van der Waals surface area contributed by atoms with E-state index in [1.807, 2.05) is 31.2 Å². The normalized spacial score (nSPS) is 17.6. The maximum absolute atomic E-state index is 12.9. The first kappa shape index (κ1) is 17.6. The van der Waals surface area contributed by atoms with Crippen molar-refractivity contribution in [3.05, 3.63) is 66.5 Å². The van der Waals surface area contributed by atoms with Crippen LogP contribution in [0.1, 0.15) is 12.0 Å². The van der Waals surface area contributed by atoms with E-state index in [4.69, 9.17) is 0 Å². The lowest BCUT2D eigenvalue weighted by Crippen LogP contribution is -2.41. The average molecular weight is 381 g/mol. The standard InChI is InChI=1S/C20H19N3O3S/c1-14-5-7-16(8-6-14)23-12-10-18(20(23)24)22-27(25,26)19-4-2-3-15-13-21-11-9-17(15)19/h2-9,11,13,18,22H,10,12H2,1H3. The largest absolute Gasteiger partial charge is 0.311 e. The number of amides is 1. The van der Waals surface area contributed by atoms with Crippen LogP contribution in [0.2, 0.25) is 0 Å². The first-order chi connectivity index (χ1) is 13.0. The van der Waals surface area contributed by atoms with Crippen molar-refractivity contribution in [2.45, 2.75) is 24.3 Å². The van der Waals surface area contributed by atoms with Gasteiger partial charge >= 0.3 is 0 Å². The Morgan fingerprint density at radius 1 is 1.11 bits per heavy atom. The lowest BCUT2D eigenvalue weighted by molar-refractivity contribution is -0.118. The second-order valence-corrected chi connectivity index (χ2v) is 8.32. The Morgan fingerprint density at radius 3 is 2.67 bits per heavy atom. The quantitative estimate of drug-likeness (QED) is 0.753. The fourth-order valence-electron chi connectivity index (χ4n) is 3.35. The summed E-state index contributed by atoms with van der Waals surface area (Å²) >= 11 is 0. The number of anilines is 1. The Balaban J connectivity index is 1.60. The van der Waals surface area contributed by atoms with Crippen molar-refractivity contribution in [1.82, 2.24) is 9.71 Å². The van der Waals surface area contributed by atoms with Gasteiger partial charge in [-0.2, -0.15) is 4.72 Å². The van der Waals surface area contributed by atoms with Crippen LogP contribution in [0.3, 0.4) is 0 Å². The zero-order valence-corrected chi connectivity index (χ0v) is 15.6. The van der Waals surface area contributed by atoms with Crippen LogP contribution in [-0.2, 0) is 14.8 Å². The number of aryl methyl sites for hydroxylation is 1. The van der Waals surface area contributed by atoms with Crippen LogP contribution < -0.4 is 9.62 Å². The maximum Gasteiger partial charge on any atom is 0.245 e. The number of rotatable bonds is 4. The van der Waals surface area contributed by atoms with Gasteiger partial charge in [0.2, 0.25) is 15.9 Å². The molecule has 1 unspecified atom stereocenters. The molecule has 2 heterocycles. The number of aromatic nitrogens is 1. The summed E-state index contributed by atoms with van der Waals surface area (Å²) in [6, 6.07) is 13.5. The molecule has 2 aromatic carbocycles. The Bertz CT molecular complexity index is 1110. The molecule has 6 nitrogen and oxygen atoms in total. The molecular formula is C20H19N3O3S. The van der Waals surface area contributed by atoms with Gasteiger partial charge in [0.15, 0.2) is 0 Å². The fourth-order valence-corrected chi connectivity index (χ4v) is 4.80. The molecule has 1 aromatic heterocycles. The summed E-state index contributed by atoms with van der Waals surface area (Å²) in [5.74, 6) is -0.232. The van der Waals surface area contributed by atoms with Crippen LogP contribution in [-0.4, -0.2) is 31.9 Å². The number of hydrogen-bond donors (Lipinski definition) is 1. The monoisotopic (exact) mass is 381 g/mol. The summed E-state index contributed by atoms with van der Waals surface area (Å²) in [6.07, 6.45) is 3.60. The van der Waals surface area contributed by atoms with E-state index in [-0.39, 0.29) is 10.8 Å². The number of carbonyl (C=O) groups excluding carboxylic acids is 1. The van der Waals surface area contributed by atoms with Gasteiger partial charge < -0.3 is 4.90 Å². The molecule has 1 saturated heterocycles. The highest BCUT2D eigenvalue weighted by molar-refractivity contribution is 7.89. The number of sulfonamides is 1. The number of benzene rings is 2. The van der Waals surface area contributed by atoms with Crippen molar-refractivity contribution in [1.29, 1.82) is 0 Å². The van der Waals surface area contributed by atoms with Crippen LogP contribution in [0, 0.1) is 6.92 Å². The summed E-state index contributed by atoms with van der Waals surface area (Å²) in [5, 5.41) is 1.32. The molecule has 1 amide bonds. The molecule has 0 saturated carbocycles. The van der Waals surface area contributed by atoms with Crippen molar-refractivity contribution >= 4 is 32.4 Å². The molecule has 4 rings (SSSR count). The van der Waals surface area contributed by atoms with Gasteiger partial charge in [-0.1, -0.05) is 29.8 Å². The molecule has 1 aliphatic rings. The average Bonchev–Trinajstić information content (AvgIpc) is 3.02. The number of fused-ring (bicyclic) bond motifs is 1. The zero-order valence-electron chi connectivity index (χ0n) is 14.8. The smallest absolute Gasteiger partial charge is 0.245 e. The molecule has 1 N–H and O–H groups in total. The van der Waals surface area contributed by atoms with Crippen LogP contribution >= 0.6 is 0 Å². The first-order valence-corrected chi connectivity index (χ1v) is 10.2. The van der Waals surface area contributed by atoms with Gasteiger partial charge in [0.05, 0.1) is 4.90 Å². The third kappa shape index (κ3) is 3.31. The molecule has 0 radical (unpaired) electrons. The van der Waals surface area contributed by atoms with Crippen molar-refractivity contribution in [3.8, 4) is 0 Å². The summed E-state index contributed by atoms with van der Waals surface area (Å²) in [6.45, 7) is 2.46. The van der Waals surface area contributed by atoms with Gasteiger partial charge in [0.1, 0.15) is 6.04 Å². The lowest BCUT2D eigenvalue weighted by Gasteiger charge is -2.18. The summed E-state index contributed by atoms with van der Waals surface area (Å²) in [4.78, 5) is 18.6. The highest BCUT2D eigenvalue weighted by Gasteiger charge is 2.36. The molecule has 0 spiro atoms. The van der Waals surface area contributed by atoms with E-state index < -0.39 is 16.1 Å². The summed E-state index contributed by atoms with van der Waals surface area (Å²) in [5.41, 5.74) is 1.89. The van der Waals surface area contributed by atoms with Crippen molar-refractivity contribution in [2.24, 2.45) is 0 Å². The number of carbonyl (C=O) groups is 1. The number of hydrogen-bond acceptors (Lipinski definition) is 4. The van der Waals surface area contributed by atoms with E-state index in [0.29, 0.717) is 18.4 Å². The molecule has 27 heavy (non-hydrogen) atoms. The van der Waals surface area contributed by atoms with Gasteiger partial charge in [0.25, 0.3) is 0 Å². The number of nitrogens with zero attached hydrogens (tertiary/aromatic N) is 2. The minimum absolute atomic E-state index is 0.156. The maximum atomic E-state index is 12.9. The van der Waals surface area contributed by atoms with Crippen molar-refractivity contribution < 1.29 is 13.2 Å². The van der Waals surface area contributed by atoms with Crippen molar-refractivity contribution in [3.63, 3.8) is 0 Å². The second kappa shape index (κ2) is 6.75. The highest BCUT2D eigenvalue weighted by Crippen LogP contribution is 2.25. The molecule has 1 fully saturated rings. The minimum Gasteiger partial charge on any atom is -0.311 e. The van der Waals surface area contributed by atoms with Crippen LogP contribution in [0.4, 0.5) is 5.69 Å². The van der Waals surface area contributed by atoms with Gasteiger partial charge in [-0.25, -0.2) is 8.42 Å². The summed E-state index contributed by atoms with van der Waals surface area (Å²) < 4.78 is 28.5. The third-order valence-electron chi connectivity index (χ3n) is 4.78. The van der Waals surface area contributed by atoms with Gasteiger partial charge in [0, 0.05) is 35.4 Å². The predicted octanol–water partition coefficient (Wildman–Crippen LogP) is 2.63. The van der Waals surface area contributed by atoms with E-state index in [0.717, 1.165) is 16.6 Å². The van der Waals surface area contributed by atoms with Gasteiger partial charge in [-0.15, -0.1) is 0 Å². The molecule has 0 aliphatic carbocycles.